The summed E-state index contributed by atoms with van der Waals surface area (Å²) < 4.78 is 81.6. The molecule has 0 aliphatic carbocycles. The number of carbonyl (C=O) groups is 1. The maximum absolute atomic E-state index is 14.1. The lowest BCUT2D eigenvalue weighted by Gasteiger charge is -2.36. The van der Waals surface area contributed by atoms with Gasteiger partial charge in [-0.3, -0.25) is 4.79 Å². The average Bonchev–Trinajstić information content (AvgIpc) is 3.15. The minimum Gasteiger partial charge on any atom is -0.392 e. The van der Waals surface area contributed by atoms with E-state index in [2.05, 4.69) is 17.4 Å². The van der Waals surface area contributed by atoms with Gasteiger partial charge in [-0.15, -0.1) is 11.8 Å². The highest BCUT2D eigenvalue weighted by Gasteiger charge is 2.33. The number of hydrogen-bond donors (Lipinski definition) is 2. The molecule has 49 heavy (non-hydrogen) atoms. The van der Waals surface area contributed by atoms with E-state index >= 15 is 0 Å². The standard InChI is InChI=1S/C38H30F5NO4S/c39-32-31(33(40)35(42)36(43)34(32)41)37(46)44-19-23-5-4-6-27(17-23)24-13-15-26(16-14-24)38-47-28(21-49-29-7-2-1-3-8-29)18-30(48-38)25-11-9-22(20-45)10-12-25/h1-17,28,30,38,45H,18-21H2,(H,44,46)/t28-,30+,38+/m0/s1. The SMILES string of the molecule is O=C(NCc1cccc(-c2ccc([C@@H]3O[C@H](CSc4ccccc4)C[C@H](c4ccc(CO)cc4)O3)cc2)c1)c1c(F)c(F)c(F)c(F)c1F. The molecule has 0 aromatic heterocycles. The summed E-state index contributed by atoms with van der Waals surface area (Å²) >= 11 is 1.71. The molecule has 5 nitrogen and oxygen atoms in total. The van der Waals surface area contributed by atoms with Crippen molar-refractivity contribution >= 4 is 17.7 Å². The van der Waals surface area contributed by atoms with Crippen LogP contribution in [0, 0.1) is 29.1 Å². The second-order valence-corrected chi connectivity index (χ2v) is 12.5. The van der Waals surface area contributed by atoms with Crippen LogP contribution in [0.1, 0.15) is 51.4 Å². The second kappa shape index (κ2) is 15.3. The van der Waals surface area contributed by atoms with E-state index in [9.17, 15) is 31.9 Å². The van der Waals surface area contributed by atoms with Crippen molar-refractivity contribution in [2.24, 2.45) is 0 Å². The van der Waals surface area contributed by atoms with E-state index in [1.807, 2.05) is 72.8 Å². The number of aliphatic hydroxyl groups excluding tert-OH is 1. The number of benzene rings is 5. The largest absolute Gasteiger partial charge is 0.392 e. The first kappa shape index (κ1) is 34.3. The molecule has 0 bridgehead atoms. The van der Waals surface area contributed by atoms with Crippen LogP contribution < -0.4 is 5.32 Å². The highest BCUT2D eigenvalue weighted by molar-refractivity contribution is 7.99. The monoisotopic (exact) mass is 691 g/mol. The van der Waals surface area contributed by atoms with Gasteiger partial charge in [0.15, 0.2) is 29.6 Å². The molecular weight excluding hydrogens is 661 g/mol. The fourth-order valence-electron chi connectivity index (χ4n) is 5.50. The highest BCUT2D eigenvalue weighted by Crippen LogP contribution is 2.40. The normalized spacial score (nSPS) is 17.6. The zero-order chi connectivity index (χ0) is 34.5. The van der Waals surface area contributed by atoms with Gasteiger partial charge < -0.3 is 19.9 Å². The Bertz CT molecular complexity index is 1900. The minimum atomic E-state index is -2.33. The molecule has 0 radical (unpaired) electrons. The Labute approximate surface area is 283 Å². The van der Waals surface area contributed by atoms with Gasteiger partial charge in [0, 0.05) is 29.2 Å². The molecule has 252 valence electrons. The Hall–Kier alpha value is -4.55. The summed E-state index contributed by atoms with van der Waals surface area (Å²) in [5.74, 6) is -11.8. The Morgan fingerprint density at radius 1 is 0.714 bits per heavy atom. The zero-order valence-corrected chi connectivity index (χ0v) is 26.7. The molecule has 1 amide bonds. The third-order valence-corrected chi connectivity index (χ3v) is 9.27. The quantitative estimate of drug-likeness (QED) is 0.0664. The first-order valence-electron chi connectivity index (χ1n) is 15.4. The number of thioether (sulfide) groups is 1. The number of amides is 1. The van der Waals surface area contributed by atoms with Crippen molar-refractivity contribution in [3.05, 3.63) is 160 Å². The maximum Gasteiger partial charge on any atom is 0.257 e. The number of halogens is 5. The van der Waals surface area contributed by atoms with Crippen molar-refractivity contribution < 1.29 is 41.3 Å². The van der Waals surface area contributed by atoms with Gasteiger partial charge in [0.25, 0.3) is 5.91 Å². The third-order valence-electron chi connectivity index (χ3n) is 8.13. The topological polar surface area (TPSA) is 67.8 Å². The highest BCUT2D eigenvalue weighted by atomic mass is 32.2. The molecule has 2 N–H and O–H groups in total. The van der Waals surface area contributed by atoms with Crippen molar-refractivity contribution in [2.45, 2.75) is 43.0 Å². The number of nitrogens with one attached hydrogen (secondary N) is 1. The van der Waals surface area contributed by atoms with E-state index in [0.717, 1.165) is 38.5 Å². The van der Waals surface area contributed by atoms with E-state index in [-0.39, 0.29) is 25.4 Å². The predicted octanol–water partition coefficient (Wildman–Crippen LogP) is 8.81. The summed E-state index contributed by atoms with van der Waals surface area (Å²) in [5, 5.41) is 11.7. The minimum absolute atomic E-state index is 0.0455. The third kappa shape index (κ3) is 7.86. The summed E-state index contributed by atoms with van der Waals surface area (Å²) in [6.07, 6.45) is -0.331. The van der Waals surface area contributed by atoms with Gasteiger partial charge in [-0.2, -0.15) is 0 Å². The van der Waals surface area contributed by atoms with Crippen LogP contribution in [0.2, 0.25) is 0 Å². The Morgan fingerprint density at radius 3 is 2.04 bits per heavy atom. The van der Waals surface area contributed by atoms with Crippen molar-refractivity contribution in [1.29, 1.82) is 0 Å². The van der Waals surface area contributed by atoms with Crippen molar-refractivity contribution in [2.75, 3.05) is 5.75 Å². The molecule has 1 heterocycles. The van der Waals surface area contributed by atoms with E-state index < -0.39 is 46.8 Å². The Morgan fingerprint density at radius 2 is 1.37 bits per heavy atom. The second-order valence-electron chi connectivity index (χ2n) is 11.4. The van der Waals surface area contributed by atoms with Crippen LogP contribution >= 0.6 is 11.8 Å². The molecule has 0 spiro atoms. The van der Waals surface area contributed by atoms with Crippen LogP contribution in [0.5, 0.6) is 0 Å². The summed E-state index contributed by atoms with van der Waals surface area (Å²) in [4.78, 5) is 13.6. The lowest BCUT2D eigenvalue weighted by molar-refractivity contribution is -0.245. The lowest BCUT2D eigenvalue weighted by Crippen LogP contribution is -2.31. The van der Waals surface area contributed by atoms with E-state index in [4.69, 9.17) is 9.47 Å². The molecule has 0 saturated carbocycles. The first-order chi connectivity index (χ1) is 23.7. The molecule has 6 rings (SSSR count). The molecule has 0 unspecified atom stereocenters. The van der Waals surface area contributed by atoms with E-state index in [1.165, 1.54) is 0 Å². The van der Waals surface area contributed by atoms with Crippen molar-refractivity contribution in [3.63, 3.8) is 0 Å². The van der Waals surface area contributed by atoms with Crippen LogP contribution in [0.25, 0.3) is 11.1 Å². The van der Waals surface area contributed by atoms with Crippen LogP contribution in [-0.4, -0.2) is 22.9 Å². The molecular formula is C38H30F5NO4S. The zero-order valence-electron chi connectivity index (χ0n) is 25.8. The van der Waals surface area contributed by atoms with Crippen molar-refractivity contribution in [3.8, 4) is 11.1 Å². The van der Waals surface area contributed by atoms with Gasteiger partial charge in [-0.1, -0.05) is 84.9 Å². The Kier molecular flexibility index (Phi) is 10.7. The van der Waals surface area contributed by atoms with Gasteiger partial charge in [0.2, 0.25) is 5.82 Å². The summed E-state index contributed by atoms with van der Waals surface area (Å²) in [6, 6.07) is 32.3. The Balaban J connectivity index is 1.16. The molecule has 1 aliphatic heterocycles. The molecule has 1 aliphatic rings. The van der Waals surface area contributed by atoms with E-state index in [0.29, 0.717) is 12.0 Å². The fraction of sp³-hybridized carbons (Fsp3) is 0.184. The molecule has 11 heteroatoms. The van der Waals surface area contributed by atoms with Crippen LogP contribution in [0.3, 0.4) is 0 Å². The number of carbonyl (C=O) groups excluding carboxylic acids is 1. The molecule has 3 atom stereocenters. The predicted molar refractivity (Wildman–Crippen MR) is 175 cm³/mol. The summed E-state index contributed by atoms with van der Waals surface area (Å²) in [7, 11) is 0. The van der Waals surface area contributed by atoms with Gasteiger partial charge >= 0.3 is 0 Å². The van der Waals surface area contributed by atoms with Gasteiger partial charge in [-0.05, 0) is 46.0 Å². The van der Waals surface area contributed by atoms with Crippen LogP contribution in [-0.2, 0) is 22.6 Å². The average molecular weight is 692 g/mol. The fourth-order valence-corrected chi connectivity index (χ4v) is 6.44. The maximum atomic E-state index is 14.1. The number of aliphatic hydroxyl groups is 1. The number of hydrogen-bond acceptors (Lipinski definition) is 5. The smallest absolute Gasteiger partial charge is 0.257 e. The number of ether oxygens (including phenoxy) is 2. The van der Waals surface area contributed by atoms with Gasteiger partial charge in [-0.25, -0.2) is 22.0 Å². The lowest BCUT2D eigenvalue weighted by atomic mass is 9.99. The molecule has 1 fully saturated rings. The van der Waals surface area contributed by atoms with Crippen molar-refractivity contribution in [1.82, 2.24) is 5.32 Å². The van der Waals surface area contributed by atoms with Crippen LogP contribution in [0.15, 0.2) is 108 Å². The molecule has 5 aromatic rings. The van der Waals surface area contributed by atoms with Gasteiger partial charge in [0.05, 0.1) is 18.8 Å². The first-order valence-corrected chi connectivity index (χ1v) is 16.4. The number of rotatable bonds is 10. The molecule has 5 aromatic carbocycles. The van der Waals surface area contributed by atoms with Crippen LogP contribution in [0.4, 0.5) is 22.0 Å². The van der Waals surface area contributed by atoms with Gasteiger partial charge in [0.1, 0.15) is 5.56 Å². The molecule has 1 saturated heterocycles. The summed E-state index contributed by atoms with van der Waals surface area (Å²) in [6.45, 7) is -0.271. The van der Waals surface area contributed by atoms with E-state index in [1.54, 1.807) is 30.0 Å². The summed E-state index contributed by atoms with van der Waals surface area (Å²) in [5.41, 5.74) is 3.18.